The minimum atomic E-state index is -4.69. The summed E-state index contributed by atoms with van der Waals surface area (Å²) in [5.41, 5.74) is 1.40. The third-order valence-corrected chi connectivity index (χ3v) is 3.09. The predicted octanol–water partition coefficient (Wildman–Crippen LogP) is 3.57. The molecule has 0 bridgehead atoms. The molecule has 1 aliphatic rings. The second kappa shape index (κ2) is 5.42. The summed E-state index contributed by atoms with van der Waals surface area (Å²) in [7, 11) is 0. The Morgan fingerprint density at radius 3 is 2.57 bits per heavy atom. The first-order chi connectivity index (χ1) is 9.74. The van der Waals surface area contributed by atoms with E-state index in [1.54, 1.807) is 19.1 Å². The quantitative estimate of drug-likeness (QED) is 0.783. The van der Waals surface area contributed by atoms with E-state index < -0.39 is 23.8 Å². The van der Waals surface area contributed by atoms with E-state index >= 15 is 0 Å². The Kier molecular flexibility index (Phi) is 3.98. The largest absolute Gasteiger partial charge is 0.475 e. The van der Waals surface area contributed by atoms with Crippen LogP contribution in [-0.2, 0) is 9.53 Å². The second-order valence-corrected chi connectivity index (χ2v) is 4.86. The summed E-state index contributed by atoms with van der Waals surface area (Å²) in [6.07, 6.45) is -5.78. The number of ether oxygens (including phenoxy) is 2. The summed E-state index contributed by atoms with van der Waals surface area (Å²) in [5.74, 6) is -0.861. The van der Waals surface area contributed by atoms with E-state index in [9.17, 15) is 18.0 Å². The molecule has 114 valence electrons. The smallest absolute Gasteiger partial charge is 0.430 e. The first kappa shape index (κ1) is 15.4. The summed E-state index contributed by atoms with van der Waals surface area (Å²) in [4.78, 5) is 11.8. The van der Waals surface area contributed by atoms with Gasteiger partial charge in [-0.15, -0.1) is 0 Å². The molecule has 1 heterocycles. The van der Waals surface area contributed by atoms with Gasteiger partial charge in [-0.25, -0.2) is 4.79 Å². The molecule has 21 heavy (non-hydrogen) atoms. The zero-order chi connectivity index (χ0) is 15.8. The maximum absolute atomic E-state index is 13.1. The average Bonchev–Trinajstić information content (AvgIpc) is 2.36. The Balaban J connectivity index is 2.55. The van der Waals surface area contributed by atoms with Crippen LogP contribution in [0.15, 0.2) is 17.7 Å². The highest BCUT2D eigenvalue weighted by Gasteiger charge is 2.49. The Hall–Kier alpha value is -1.98. The van der Waals surface area contributed by atoms with E-state index in [0.29, 0.717) is 11.1 Å². The van der Waals surface area contributed by atoms with Crippen molar-refractivity contribution in [2.75, 3.05) is 6.61 Å². The molecule has 1 aromatic carbocycles. The number of hydrogen-bond acceptors (Lipinski definition) is 3. The van der Waals surface area contributed by atoms with Gasteiger partial charge in [-0.2, -0.15) is 13.2 Å². The Bertz CT molecular complexity index is 603. The molecule has 0 amide bonds. The van der Waals surface area contributed by atoms with Crippen LogP contribution in [0.2, 0.25) is 0 Å². The van der Waals surface area contributed by atoms with Crippen molar-refractivity contribution >= 4 is 12.0 Å². The molecule has 6 heteroatoms. The number of benzene rings is 1. The molecule has 1 atom stereocenters. The van der Waals surface area contributed by atoms with Crippen LogP contribution >= 0.6 is 0 Å². The van der Waals surface area contributed by atoms with Gasteiger partial charge in [0.05, 0.1) is 12.2 Å². The Morgan fingerprint density at radius 2 is 2.00 bits per heavy atom. The lowest BCUT2D eigenvalue weighted by Gasteiger charge is -2.29. The van der Waals surface area contributed by atoms with Crippen molar-refractivity contribution in [1.29, 1.82) is 0 Å². The van der Waals surface area contributed by atoms with Gasteiger partial charge in [0.1, 0.15) is 5.75 Å². The molecule has 0 radical (unpaired) electrons. The van der Waals surface area contributed by atoms with Gasteiger partial charge >= 0.3 is 12.1 Å². The minimum absolute atomic E-state index is 0.000449. The standard InChI is InChI=1S/C15H15F3O3/c1-4-20-14(19)11-7-10-6-8(2)5-9(3)12(10)21-13(11)15(16,17)18/h5-7,13H,4H2,1-3H3/t13-/m0/s1. The van der Waals surface area contributed by atoms with Crippen molar-refractivity contribution in [3.8, 4) is 5.75 Å². The fourth-order valence-corrected chi connectivity index (χ4v) is 2.30. The number of carbonyl (C=O) groups is 1. The van der Waals surface area contributed by atoms with E-state index in [-0.39, 0.29) is 12.4 Å². The minimum Gasteiger partial charge on any atom is -0.475 e. The van der Waals surface area contributed by atoms with Gasteiger partial charge in [-0.1, -0.05) is 11.6 Å². The SMILES string of the molecule is CCOC(=O)C1=Cc2cc(C)cc(C)c2O[C@@H]1C(F)(F)F. The second-order valence-electron chi connectivity index (χ2n) is 4.86. The summed E-state index contributed by atoms with van der Waals surface area (Å²) < 4.78 is 49.1. The van der Waals surface area contributed by atoms with Crippen LogP contribution in [0.25, 0.3) is 6.08 Å². The van der Waals surface area contributed by atoms with Crippen LogP contribution in [0.5, 0.6) is 5.75 Å². The number of aryl methyl sites for hydroxylation is 2. The van der Waals surface area contributed by atoms with Crippen molar-refractivity contribution in [2.24, 2.45) is 0 Å². The monoisotopic (exact) mass is 300 g/mol. The Morgan fingerprint density at radius 1 is 1.33 bits per heavy atom. The van der Waals surface area contributed by atoms with Crippen LogP contribution in [0, 0.1) is 13.8 Å². The summed E-state index contributed by atoms with van der Waals surface area (Å²) >= 11 is 0. The molecule has 1 aliphatic heterocycles. The third kappa shape index (κ3) is 3.04. The van der Waals surface area contributed by atoms with E-state index in [1.165, 1.54) is 13.0 Å². The highest BCUT2D eigenvalue weighted by atomic mass is 19.4. The van der Waals surface area contributed by atoms with Crippen LogP contribution in [0.4, 0.5) is 13.2 Å². The molecule has 0 saturated carbocycles. The van der Waals surface area contributed by atoms with E-state index in [0.717, 1.165) is 5.56 Å². The van der Waals surface area contributed by atoms with Crippen molar-refractivity contribution in [1.82, 2.24) is 0 Å². The Labute approximate surface area is 120 Å². The molecular weight excluding hydrogens is 285 g/mol. The zero-order valence-electron chi connectivity index (χ0n) is 11.9. The van der Waals surface area contributed by atoms with Crippen LogP contribution < -0.4 is 4.74 Å². The van der Waals surface area contributed by atoms with Crippen molar-refractivity contribution in [2.45, 2.75) is 33.1 Å². The fourth-order valence-electron chi connectivity index (χ4n) is 2.30. The van der Waals surface area contributed by atoms with Crippen LogP contribution in [-0.4, -0.2) is 24.9 Å². The topological polar surface area (TPSA) is 35.5 Å². The number of alkyl halides is 3. The van der Waals surface area contributed by atoms with Crippen LogP contribution in [0.3, 0.4) is 0 Å². The van der Waals surface area contributed by atoms with Gasteiger partial charge in [0.2, 0.25) is 6.10 Å². The number of esters is 1. The molecular formula is C15H15F3O3. The molecule has 0 aliphatic carbocycles. The van der Waals surface area contributed by atoms with E-state index in [1.807, 2.05) is 6.92 Å². The maximum Gasteiger partial charge on any atom is 0.430 e. The first-order valence-electron chi connectivity index (χ1n) is 6.47. The maximum atomic E-state index is 13.1. The molecule has 2 rings (SSSR count). The number of fused-ring (bicyclic) bond motifs is 1. The third-order valence-electron chi connectivity index (χ3n) is 3.09. The molecule has 0 saturated heterocycles. The van der Waals surface area contributed by atoms with Crippen molar-refractivity contribution in [3.63, 3.8) is 0 Å². The van der Waals surface area contributed by atoms with Gasteiger partial charge in [0.25, 0.3) is 0 Å². The van der Waals surface area contributed by atoms with Gasteiger partial charge in [-0.05, 0) is 38.5 Å². The van der Waals surface area contributed by atoms with E-state index in [2.05, 4.69) is 0 Å². The lowest BCUT2D eigenvalue weighted by atomic mass is 9.97. The molecule has 0 unspecified atom stereocenters. The molecule has 1 aromatic rings. The molecule has 0 spiro atoms. The number of rotatable bonds is 2. The van der Waals surface area contributed by atoms with Gasteiger partial charge in [0, 0.05) is 5.56 Å². The normalized spacial score (nSPS) is 17.6. The summed E-state index contributed by atoms with van der Waals surface area (Å²) in [6, 6.07) is 3.41. The molecule has 3 nitrogen and oxygen atoms in total. The lowest BCUT2D eigenvalue weighted by Crippen LogP contribution is -2.41. The molecule has 0 fully saturated rings. The molecule has 0 aromatic heterocycles. The lowest BCUT2D eigenvalue weighted by molar-refractivity contribution is -0.188. The summed E-state index contributed by atoms with van der Waals surface area (Å²) in [5, 5.41) is 0. The van der Waals surface area contributed by atoms with Crippen LogP contribution in [0.1, 0.15) is 23.6 Å². The zero-order valence-corrected chi connectivity index (χ0v) is 11.9. The number of hydrogen-bond donors (Lipinski definition) is 0. The van der Waals surface area contributed by atoms with Gasteiger partial charge < -0.3 is 9.47 Å². The summed E-state index contributed by atoms with van der Waals surface area (Å²) in [6.45, 7) is 5.02. The average molecular weight is 300 g/mol. The highest BCUT2D eigenvalue weighted by Crippen LogP contribution is 2.39. The number of carbonyl (C=O) groups excluding carboxylic acids is 1. The number of halogens is 3. The van der Waals surface area contributed by atoms with Crippen molar-refractivity contribution in [3.05, 3.63) is 34.4 Å². The highest BCUT2D eigenvalue weighted by molar-refractivity contribution is 5.96. The van der Waals surface area contributed by atoms with E-state index in [4.69, 9.17) is 9.47 Å². The fraction of sp³-hybridized carbons (Fsp3) is 0.400. The van der Waals surface area contributed by atoms with Gasteiger partial charge in [0.15, 0.2) is 0 Å². The van der Waals surface area contributed by atoms with Crippen molar-refractivity contribution < 1.29 is 27.4 Å². The first-order valence-corrected chi connectivity index (χ1v) is 6.47. The predicted molar refractivity (Wildman–Crippen MR) is 71.0 cm³/mol. The van der Waals surface area contributed by atoms with Gasteiger partial charge in [-0.3, -0.25) is 0 Å². The molecule has 0 N–H and O–H groups in total.